The van der Waals surface area contributed by atoms with Gasteiger partial charge >= 0.3 is 5.69 Å². The van der Waals surface area contributed by atoms with Gasteiger partial charge in [0.15, 0.2) is 0 Å². The maximum absolute atomic E-state index is 13.0. The molecule has 1 aromatic carbocycles. The van der Waals surface area contributed by atoms with Gasteiger partial charge in [0, 0.05) is 11.6 Å². The molecule has 0 saturated carbocycles. The van der Waals surface area contributed by atoms with Gasteiger partial charge in [0.1, 0.15) is 0 Å². The molecule has 0 saturated heterocycles. The van der Waals surface area contributed by atoms with E-state index < -0.39 is 26.5 Å². The topological polar surface area (TPSA) is 43.1 Å². The van der Waals surface area contributed by atoms with Gasteiger partial charge in [-0.1, -0.05) is 5.92 Å². The maximum Gasteiger partial charge on any atom is 0.306 e. The van der Waals surface area contributed by atoms with Crippen LogP contribution in [-0.4, -0.2) is 23.7 Å². The first-order chi connectivity index (χ1) is 7.29. The summed E-state index contributed by atoms with van der Waals surface area (Å²) in [7, 11) is -0.990. The van der Waals surface area contributed by atoms with Crippen LogP contribution in [0.3, 0.4) is 0 Å². The molecule has 0 heterocycles. The fraction of sp³-hybridized carbons (Fsp3) is 0.273. The summed E-state index contributed by atoms with van der Waals surface area (Å²) in [5.74, 6) is 1.99. The summed E-state index contributed by atoms with van der Waals surface area (Å²) in [5.41, 5.74) is -0.0637. The molecule has 0 aromatic heterocycles. The number of nitro benzene ring substituents is 1. The molecule has 0 fully saturated rings. The number of hydrogen-bond donors (Lipinski definition) is 0. The highest BCUT2D eigenvalue weighted by atomic mass is 32.3. The van der Waals surface area contributed by atoms with Gasteiger partial charge in [-0.05, 0) is 36.2 Å². The highest BCUT2D eigenvalue weighted by molar-refractivity contribution is 8.35. The summed E-state index contributed by atoms with van der Waals surface area (Å²) in [5, 5.41) is 13.5. The van der Waals surface area contributed by atoms with E-state index in [0.717, 1.165) is 12.1 Å². The van der Waals surface area contributed by atoms with E-state index in [1.807, 2.05) is 18.8 Å². The van der Waals surface area contributed by atoms with E-state index in [1.165, 1.54) is 6.07 Å². The summed E-state index contributed by atoms with van der Waals surface area (Å²) in [6, 6.07) is 3.67. The molecule has 0 bridgehead atoms. The van der Waals surface area contributed by atoms with Gasteiger partial charge in [-0.15, -0.1) is 0 Å². The first kappa shape index (κ1) is 12.5. The van der Waals surface area contributed by atoms with Crippen molar-refractivity contribution in [3.05, 3.63) is 39.7 Å². The fourth-order valence-electron chi connectivity index (χ4n) is 0.942. The number of hydrogen-bond acceptors (Lipinski definition) is 2. The molecule has 0 amide bonds. The first-order valence-corrected chi connectivity index (χ1v) is 7.30. The molecule has 0 spiro atoms. The lowest BCUT2D eigenvalue weighted by Gasteiger charge is -2.14. The molecule has 5 heteroatoms. The minimum Gasteiger partial charge on any atom is -0.258 e. The molecule has 1 aromatic rings. The normalized spacial score (nSPS) is 11.5. The van der Waals surface area contributed by atoms with Crippen molar-refractivity contribution in [1.82, 2.24) is 0 Å². The predicted molar refractivity (Wildman–Crippen MR) is 65.3 cm³/mol. The van der Waals surface area contributed by atoms with Crippen LogP contribution in [0, 0.1) is 27.1 Å². The molecule has 0 N–H and O–H groups in total. The number of nitrogens with zero attached hydrogens (tertiary/aromatic N) is 1. The van der Waals surface area contributed by atoms with Crippen molar-refractivity contribution >= 4 is 15.7 Å². The second-order valence-corrected chi connectivity index (χ2v) is 7.87. The molecule has 86 valence electrons. The quantitative estimate of drug-likeness (QED) is 0.431. The fourth-order valence-corrected chi connectivity index (χ4v) is 1.37. The highest BCUT2D eigenvalue weighted by Gasteiger charge is 2.13. The lowest BCUT2D eigenvalue weighted by Crippen LogP contribution is -1.93. The molecule has 16 heavy (non-hydrogen) atoms. The van der Waals surface area contributed by atoms with Gasteiger partial charge in [0.25, 0.3) is 0 Å². The molecule has 0 aliphatic heterocycles. The summed E-state index contributed by atoms with van der Waals surface area (Å²) < 4.78 is 13.0. The Hall–Kier alpha value is -1.54. The summed E-state index contributed by atoms with van der Waals surface area (Å²) in [4.78, 5) is 9.75. The molecule has 1 rings (SSSR count). The minimum atomic E-state index is -0.990. The number of benzene rings is 1. The molecule has 0 aliphatic carbocycles. The van der Waals surface area contributed by atoms with Gasteiger partial charge in [-0.25, -0.2) is 0 Å². The van der Waals surface area contributed by atoms with E-state index in [9.17, 15) is 14.5 Å². The van der Waals surface area contributed by atoms with Crippen molar-refractivity contribution in [2.75, 3.05) is 18.8 Å². The highest BCUT2D eigenvalue weighted by Crippen LogP contribution is 2.32. The second kappa shape index (κ2) is 4.54. The van der Waals surface area contributed by atoms with Crippen molar-refractivity contribution in [2.24, 2.45) is 0 Å². The largest absolute Gasteiger partial charge is 0.306 e. The van der Waals surface area contributed by atoms with Crippen LogP contribution >= 0.6 is 10.0 Å². The Morgan fingerprint density at radius 1 is 1.38 bits per heavy atom. The average molecular weight is 241 g/mol. The Kier molecular flexibility index (Phi) is 3.55. The smallest absolute Gasteiger partial charge is 0.258 e. The third-order valence-corrected chi connectivity index (χ3v) is 2.36. The standard InChI is InChI=1S/C11H12FNO2S/c1-16(2,3)7-6-9-4-5-10(12)11(8-9)13(14)15/h4-5,8H,1-3H3. The van der Waals surface area contributed by atoms with Crippen LogP contribution in [0.5, 0.6) is 0 Å². The molecule has 0 radical (unpaired) electrons. The molecule has 0 unspecified atom stereocenters. The van der Waals surface area contributed by atoms with Crippen LogP contribution < -0.4 is 0 Å². The molecule has 3 nitrogen and oxygen atoms in total. The Morgan fingerprint density at radius 3 is 2.50 bits per heavy atom. The molecule has 0 aliphatic rings. The van der Waals surface area contributed by atoms with E-state index in [-0.39, 0.29) is 0 Å². The van der Waals surface area contributed by atoms with Gasteiger partial charge in [0.2, 0.25) is 5.82 Å². The van der Waals surface area contributed by atoms with Crippen LogP contribution in [0.1, 0.15) is 5.56 Å². The van der Waals surface area contributed by atoms with E-state index in [4.69, 9.17) is 0 Å². The number of nitro groups is 1. The second-order valence-electron chi connectivity index (χ2n) is 3.99. The van der Waals surface area contributed by atoms with Crippen molar-refractivity contribution in [2.45, 2.75) is 0 Å². The van der Waals surface area contributed by atoms with E-state index >= 15 is 0 Å². The van der Waals surface area contributed by atoms with Crippen LogP contribution in [0.15, 0.2) is 18.2 Å². The minimum absolute atomic E-state index is 0.468. The zero-order valence-corrected chi connectivity index (χ0v) is 10.1. The zero-order chi connectivity index (χ0) is 12.3. The van der Waals surface area contributed by atoms with Gasteiger partial charge in [0.05, 0.1) is 4.92 Å². The Balaban J connectivity index is 3.13. The summed E-state index contributed by atoms with van der Waals surface area (Å²) >= 11 is 0. The summed E-state index contributed by atoms with van der Waals surface area (Å²) in [6.45, 7) is 0. The Morgan fingerprint density at radius 2 is 2.00 bits per heavy atom. The van der Waals surface area contributed by atoms with Gasteiger partial charge in [-0.3, -0.25) is 10.1 Å². The zero-order valence-electron chi connectivity index (χ0n) is 9.28. The molecular weight excluding hydrogens is 229 g/mol. The third-order valence-electron chi connectivity index (χ3n) is 1.64. The van der Waals surface area contributed by atoms with Gasteiger partial charge < -0.3 is 0 Å². The molecular formula is C11H12FNO2S. The number of rotatable bonds is 1. The number of halogens is 1. The maximum atomic E-state index is 13.0. The Labute approximate surface area is 95.1 Å². The molecule has 0 atom stereocenters. The first-order valence-electron chi connectivity index (χ1n) is 4.44. The van der Waals surface area contributed by atoms with E-state index in [2.05, 4.69) is 11.2 Å². The van der Waals surface area contributed by atoms with Crippen molar-refractivity contribution < 1.29 is 9.31 Å². The Bertz CT molecular complexity index is 483. The SMILES string of the molecule is CS(C)(C)C#Cc1ccc(F)c([N+](=O)[O-])c1. The lowest BCUT2D eigenvalue weighted by atomic mass is 10.2. The third kappa shape index (κ3) is 3.55. The lowest BCUT2D eigenvalue weighted by molar-refractivity contribution is -0.387. The van der Waals surface area contributed by atoms with Crippen LogP contribution in [0.25, 0.3) is 0 Å². The van der Waals surface area contributed by atoms with Crippen molar-refractivity contribution in [3.63, 3.8) is 0 Å². The van der Waals surface area contributed by atoms with Gasteiger partial charge in [-0.2, -0.15) is 14.4 Å². The predicted octanol–water partition coefficient (Wildman–Crippen LogP) is 2.74. The van der Waals surface area contributed by atoms with Crippen molar-refractivity contribution in [3.8, 4) is 11.2 Å². The van der Waals surface area contributed by atoms with Crippen LogP contribution in [0.4, 0.5) is 10.1 Å². The van der Waals surface area contributed by atoms with E-state index in [0.29, 0.717) is 5.56 Å². The van der Waals surface area contributed by atoms with Crippen LogP contribution in [-0.2, 0) is 0 Å². The summed E-state index contributed by atoms with van der Waals surface area (Å²) in [6.07, 6.45) is 6.04. The van der Waals surface area contributed by atoms with Crippen LogP contribution in [0.2, 0.25) is 0 Å². The average Bonchev–Trinajstić information content (AvgIpc) is 2.14. The van der Waals surface area contributed by atoms with E-state index in [1.54, 1.807) is 0 Å². The van der Waals surface area contributed by atoms with Crippen molar-refractivity contribution in [1.29, 1.82) is 0 Å². The monoisotopic (exact) mass is 241 g/mol.